The summed E-state index contributed by atoms with van der Waals surface area (Å²) >= 11 is 0. The average Bonchev–Trinajstić information content (AvgIpc) is 2.65. The molecular weight excluding hydrogens is 140 g/mol. The molecule has 3 nitrogen and oxygen atoms in total. The van der Waals surface area contributed by atoms with E-state index in [0.29, 0.717) is 12.0 Å². The van der Waals surface area contributed by atoms with E-state index in [4.69, 9.17) is 0 Å². The van der Waals surface area contributed by atoms with Gasteiger partial charge in [-0.3, -0.25) is 4.90 Å². The summed E-state index contributed by atoms with van der Waals surface area (Å²) in [7, 11) is 1.98. The SMILES string of the molecule is CNC1CN(C(O)C2CC2)C1. The lowest BCUT2D eigenvalue weighted by Gasteiger charge is -2.42. The maximum absolute atomic E-state index is 9.62. The number of rotatable bonds is 3. The number of aliphatic hydroxyl groups excluding tert-OH is 1. The number of nitrogens with zero attached hydrogens (tertiary/aromatic N) is 1. The number of aliphatic hydroxyl groups is 1. The minimum atomic E-state index is -0.139. The van der Waals surface area contributed by atoms with Crippen molar-refractivity contribution in [3.05, 3.63) is 0 Å². The molecule has 1 heterocycles. The van der Waals surface area contributed by atoms with Gasteiger partial charge in [0, 0.05) is 19.1 Å². The molecule has 2 fully saturated rings. The van der Waals surface area contributed by atoms with Crippen LogP contribution in [-0.2, 0) is 0 Å². The highest BCUT2D eigenvalue weighted by Gasteiger charge is 2.39. The standard InChI is InChI=1S/C8H16N2O/c1-9-7-4-10(5-7)8(11)6-2-3-6/h6-9,11H,2-5H2,1H3. The zero-order valence-electron chi connectivity index (χ0n) is 6.95. The lowest BCUT2D eigenvalue weighted by molar-refractivity contribution is -0.0627. The van der Waals surface area contributed by atoms with Crippen LogP contribution < -0.4 is 5.32 Å². The van der Waals surface area contributed by atoms with Crippen LogP contribution in [0.4, 0.5) is 0 Å². The van der Waals surface area contributed by atoms with Crippen molar-refractivity contribution < 1.29 is 5.11 Å². The predicted octanol–water partition coefficient (Wildman–Crippen LogP) is -0.382. The van der Waals surface area contributed by atoms with Crippen molar-refractivity contribution >= 4 is 0 Å². The first-order chi connectivity index (χ1) is 5.31. The third kappa shape index (κ3) is 1.41. The highest BCUT2D eigenvalue weighted by atomic mass is 16.3. The van der Waals surface area contributed by atoms with Gasteiger partial charge >= 0.3 is 0 Å². The van der Waals surface area contributed by atoms with E-state index in [0.717, 1.165) is 13.1 Å². The first kappa shape index (κ1) is 7.53. The van der Waals surface area contributed by atoms with Crippen molar-refractivity contribution in [3.8, 4) is 0 Å². The van der Waals surface area contributed by atoms with E-state index in [-0.39, 0.29) is 6.23 Å². The van der Waals surface area contributed by atoms with Crippen LogP contribution in [0, 0.1) is 5.92 Å². The lowest BCUT2D eigenvalue weighted by atomic mass is 10.1. The van der Waals surface area contributed by atoms with Crippen LogP contribution in [-0.4, -0.2) is 42.4 Å². The Kier molecular flexibility index (Phi) is 1.87. The summed E-state index contributed by atoms with van der Waals surface area (Å²) in [5.41, 5.74) is 0. The van der Waals surface area contributed by atoms with E-state index >= 15 is 0 Å². The fourth-order valence-corrected chi connectivity index (χ4v) is 1.60. The fourth-order valence-electron chi connectivity index (χ4n) is 1.60. The van der Waals surface area contributed by atoms with Gasteiger partial charge in [0.15, 0.2) is 0 Å². The molecule has 0 radical (unpaired) electrons. The van der Waals surface area contributed by atoms with E-state index in [2.05, 4.69) is 10.2 Å². The number of likely N-dealkylation sites (tertiary alicyclic amines) is 1. The van der Waals surface area contributed by atoms with Crippen molar-refractivity contribution in [1.82, 2.24) is 10.2 Å². The molecule has 1 unspecified atom stereocenters. The average molecular weight is 156 g/mol. The van der Waals surface area contributed by atoms with Crippen LogP contribution in [0.25, 0.3) is 0 Å². The molecule has 2 aliphatic rings. The maximum atomic E-state index is 9.62. The smallest absolute Gasteiger partial charge is 0.110 e. The summed E-state index contributed by atoms with van der Waals surface area (Å²) in [4.78, 5) is 2.15. The molecule has 1 aliphatic heterocycles. The molecule has 2 N–H and O–H groups in total. The zero-order chi connectivity index (χ0) is 7.84. The summed E-state index contributed by atoms with van der Waals surface area (Å²) in [5, 5.41) is 12.8. The minimum absolute atomic E-state index is 0.139. The van der Waals surface area contributed by atoms with Crippen LogP contribution in [0.15, 0.2) is 0 Å². The van der Waals surface area contributed by atoms with E-state index in [1.807, 2.05) is 7.05 Å². The molecule has 0 aromatic rings. The molecule has 0 aromatic carbocycles. The molecule has 0 bridgehead atoms. The second-order valence-corrected chi connectivity index (χ2v) is 3.69. The molecule has 64 valence electrons. The largest absolute Gasteiger partial charge is 0.378 e. The van der Waals surface area contributed by atoms with Gasteiger partial charge in [-0.15, -0.1) is 0 Å². The van der Waals surface area contributed by atoms with Crippen LogP contribution in [0.5, 0.6) is 0 Å². The summed E-state index contributed by atoms with van der Waals surface area (Å²) in [6.07, 6.45) is 2.31. The second-order valence-electron chi connectivity index (χ2n) is 3.69. The van der Waals surface area contributed by atoms with E-state index in [9.17, 15) is 5.11 Å². The normalized spacial score (nSPS) is 30.0. The maximum Gasteiger partial charge on any atom is 0.110 e. The summed E-state index contributed by atoms with van der Waals surface area (Å²) in [6.45, 7) is 2.04. The van der Waals surface area contributed by atoms with Crippen molar-refractivity contribution in [3.63, 3.8) is 0 Å². The third-order valence-corrected chi connectivity index (χ3v) is 2.74. The van der Waals surface area contributed by atoms with Crippen LogP contribution in [0.1, 0.15) is 12.8 Å². The highest BCUT2D eigenvalue weighted by Crippen LogP contribution is 2.35. The Morgan fingerprint density at radius 1 is 1.45 bits per heavy atom. The molecule has 11 heavy (non-hydrogen) atoms. The van der Waals surface area contributed by atoms with Gasteiger partial charge in [0.05, 0.1) is 0 Å². The Balaban J connectivity index is 1.72. The topological polar surface area (TPSA) is 35.5 Å². The van der Waals surface area contributed by atoms with Crippen molar-refractivity contribution in [2.24, 2.45) is 5.92 Å². The zero-order valence-corrected chi connectivity index (χ0v) is 6.95. The molecule has 3 heteroatoms. The first-order valence-corrected chi connectivity index (χ1v) is 4.40. The highest BCUT2D eigenvalue weighted by molar-refractivity contribution is 4.91. The number of hydrogen-bond donors (Lipinski definition) is 2. The summed E-state index contributed by atoms with van der Waals surface area (Å²) in [6, 6.07) is 0.614. The quantitative estimate of drug-likeness (QED) is 0.584. The van der Waals surface area contributed by atoms with Crippen LogP contribution in [0.3, 0.4) is 0 Å². The Labute approximate surface area is 67.4 Å². The Bertz CT molecular complexity index is 141. The minimum Gasteiger partial charge on any atom is -0.378 e. The molecular formula is C8H16N2O. The van der Waals surface area contributed by atoms with Gasteiger partial charge in [-0.25, -0.2) is 0 Å². The number of likely N-dealkylation sites (N-methyl/N-ethyl adjacent to an activating group) is 1. The third-order valence-electron chi connectivity index (χ3n) is 2.74. The second kappa shape index (κ2) is 2.73. The van der Waals surface area contributed by atoms with Crippen molar-refractivity contribution in [2.75, 3.05) is 20.1 Å². The number of hydrogen-bond acceptors (Lipinski definition) is 3. The van der Waals surface area contributed by atoms with Gasteiger partial charge in [-0.1, -0.05) is 0 Å². The first-order valence-electron chi connectivity index (χ1n) is 4.40. The van der Waals surface area contributed by atoms with Crippen molar-refractivity contribution in [2.45, 2.75) is 25.1 Å². The van der Waals surface area contributed by atoms with Gasteiger partial charge < -0.3 is 10.4 Å². The van der Waals surface area contributed by atoms with Gasteiger partial charge in [0.25, 0.3) is 0 Å². The molecule has 1 saturated carbocycles. The molecule has 1 aliphatic carbocycles. The Morgan fingerprint density at radius 3 is 2.55 bits per heavy atom. The summed E-state index contributed by atoms with van der Waals surface area (Å²) < 4.78 is 0. The monoisotopic (exact) mass is 156 g/mol. The van der Waals surface area contributed by atoms with Gasteiger partial charge in [0.2, 0.25) is 0 Å². The number of nitrogens with one attached hydrogen (secondary N) is 1. The lowest BCUT2D eigenvalue weighted by Crippen LogP contribution is -2.60. The van der Waals surface area contributed by atoms with Gasteiger partial charge in [0.1, 0.15) is 6.23 Å². The van der Waals surface area contributed by atoms with Crippen LogP contribution in [0.2, 0.25) is 0 Å². The van der Waals surface area contributed by atoms with Gasteiger partial charge in [-0.05, 0) is 25.8 Å². The fraction of sp³-hybridized carbons (Fsp3) is 1.00. The Morgan fingerprint density at radius 2 is 2.09 bits per heavy atom. The van der Waals surface area contributed by atoms with E-state index in [1.54, 1.807) is 0 Å². The summed E-state index contributed by atoms with van der Waals surface area (Å²) in [5.74, 6) is 0.591. The molecule has 0 aromatic heterocycles. The van der Waals surface area contributed by atoms with E-state index in [1.165, 1.54) is 12.8 Å². The molecule has 0 amide bonds. The van der Waals surface area contributed by atoms with E-state index < -0.39 is 0 Å². The van der Waals surface area contributed by atoms with Gasteiger partial charge in [-0.2, -0.15) is 0 Å². The predicted molar refractivity (Wildman–Crippen MR) is 43.2 cm³/mol. The molecule has 1 saturated heterocycles. The molecule has 2 rings (SSSR count). The van der Waals surface area contributed by atoms with Crippen molar-refractivity contribution in [1.29, 1.82) is 0 Å². The molecule has 1 atom stereocenters. The molecule has 0 spiro atoms. The van der Waals surface area contributed by atoms with Crippen LogP contribution >= 0.6 is 0 Å². The Hall–Kier alpha value is -0.120.